The first-order valence-corrected chi connectivity index (χ1v) is 6.58. The molecule has 18 heavy (non-hydrogen) atoms. The SMILES string of the molecule is NC(=O)N1CCC(Nc2cc(Cl)ccc2Cl)CC1. The average molecular weight is 288 g/mol. The van der Waals surface area contributed by atoms with Gasteiger partial charge in [-0.15, -0.1) is 0 Å². The van der Waals surface area contributed by atoms with Crippen molar-refractivity contribution in [1.82, 2.24) is 4.90 Å². The van der Waals surface area contributed by atoms with Crippen LogP contribution in [0.3, 0.4) is 0 Å². The number of piperidine rings is 1. The summed E-state index contributed by atoms with van der Waals surface area (Å²) < 4.78 is 0. The summed E-state index contributed by atoms with van der Waals surface area (Å²) in [4.78, 5) is 12.7. The minimum Gasteiger partial charge on any atom is -0.381 e. The van der Waals surface area contributed by atoms with Crippen LogP contribution < -0.4 is 11.1 Å². The van der Waals surface area contributed by atoms with E-state index in [9.17, 15) is 4.79 Å². The maximum atomic E-state index is 11.0. The highest BCUT2D eigenvalue weighted by molar-refractivity contribution is 6.35. The van der Waals surface area contributed by atoms with Crippen molar-refractivity contribution in [3.63, 3.8) is 0 Å². The van der Waals surface area contributed by atoms with Crippen LogP contribution in [0.4, 0.5) is 10.5 Å². The molecule has 0 aromatic heterocycles. The van der Waals surface area contributed by atoms with Crippen LogP contribution in [-0.4, -0.2) is 30.1 Å². The number of nitrogens with one attached hydrogen (secondary N) is 1. The molecule has 2 amide bonds. The molecule has 0 spiro atoms. The van der Waals surface area contributed by atoms with Crippen molar-refractivity contribution >= 4 is 34.9 Å². The molecule has 98 valence electrons. The predicted octanol–water partition coefficient (Wildman–Crippen LogP) is 2.95. The largest absolute Gasteiger partial charge is 0.381 e. The molecule has 0 radical (unpaired) electrons. The van der Waals surface area contributed by atoms with Crippen molar-refractivity contribution in [2.45, 2.75) is 18.9 Å². The molecule has 1 fully saturated rings. The van der Waals surface area contributed by atoms with Crippen LogP contribution in [0.15, 0.2) is 18.2 Å². The standard InChI is InChI=1S/C12H15Cl2N3O/c13-8-1-2-10(14)11(7-8)16-9-3-5-17(6-4-9)12(15)18/h1-2,7,9,16H,3-6H2,(H2,15,18). The fourth-order valence-electron chi connectivity index (χ4n) is 2.07. The van der Waals surface area contributed by atoms with Gasteiger partial charge in [-0.05, 0) is 31.0 Å². The lowest BCUT2D eigenvalue weighted by atomic mass is 10.0. The number of likely N-dealkylation sites (tertiary alicyclic amines) is 1. The van der Waals surface area contributed by atoms with Crippen LogP contribution in [0.2, 0.25) is 10.0 Å². The van der Waals surface area contributed by atoms with E-state index >= 15 is 0 Å². The van der Waals surface area contributed by atoms with E-state index in [-0.39, 0.29) is 12.1 Å². The van der Waals surface area contributed by atoms with Gasteiger partial charge in [0.1, 0.15) is 0 Å². The topological polar surface area (TPSA) is 58.4 Å². The number of urea groups is 1. The molecule has 0 atom stereocenters. The number of carbonyl (C=O) groups excluding carboxylic acids is 1. The summed E-state index contributed by atoms with van der Waals surface area (Å²) in [7, 11) is 0. The number of nitrogens with zero attached hydrogens (tertiary/aromatic N) is 1. The average Bonchev–Trinajstić information content (AvgIpc) is 2.34. The van der Waals surface area contributed by atoms with E-state index in [0.717, 1.165) is 18.5 Å². The zero-order valence-electron chi connectivity index (χ0n) is 9.83. The second-order valence-corrected chi connectivity index (χ2v) is 5.21. The lowest BCUT2D eigenvalue weighted by molar-refractivity contribution is 0.193. The Labute approximate surface area is 116 Å². The number of rotatable bonds is 2. The summed E-state index contributed by atoms with van der Waals surface area (Å²) in [6, 6.07) is 5.27. The van der Waals surface area contributed by atoms with Gasteiger partial charge in [-0.25, -0.2) is 4.79 Å². The quantitative estimate of drug-likeness (QED) is 0.879. The molecular weight excluding hydrogens is 273 g/mol. The minimum atomic E-state index is -0.353. The molecule has 1 aromatic rings. The van der Waals surface area contributed by atoms with Gasteiger partial charge in [0.05, 0.1) is 10.7 Å². The molecule has 1 aliphatic rings. The number of anilines is 1. The Hall–Kier alpha value is -1.13. The first-order valence-electron chi connectivity index (χ1n) is 5.82. The van der Waals surface area contributed by atoms with Gasteiger partial charge in [0, 0.05) is 24.2 Å². The lowest BCUT2D eigenvalue weighted by Gasteiger charge is -2.31. The Morgan fingerprint density at radius 1 is 1.33 bits per heavy atom. The van der Waals surface area contributed by atoms with E-state index < -0.39 is 0 Å². The Kier molecular flexibility index (Phi) is 4.19. The second-order valence-electron chi connectivity index (χ2n) is 4.37. The zero-order valence-corrected chi connectivity index (χ0v) is 11.3. The van der Waals surface area contributed by atoms with Gasteiger partial charge in [-0.1, -0.05) is 23.2 Å². The van der Waals surface area contributed by atoms with Gasteiger partial charge in [0.25, 0.3) is 0 Å². The fraction of sp³-hybridized carbons (Fsp3) is 0.417. The van der Waals surface area contributed by atoms with Gasteiger partial charge in [0.2, 0.25) is 0 Å². The monoisotopic (exact) mass is 287 g/mol. The van der Waals surface area contributed by atoms with Crippen molar-refractivity contribution in [3.8, 4) is 0 Å². The fourth-order valence-corrected chi connectivity index (χ4v) is 2.42. The van der Waals surface area contributed by atoms with Crippen molar-refractivity contribution in [2.24, 2.45) is 5.73 Å². The molecule has 0 unspecified atom stereocenters. The Morgan fingerprint density at radius 2 is 2.00 bits per heavy atom. The van der Waals surface area contributed by atoms with Crippen molar-refractivity contribution < 1.29 is 4.79 Å². The highest BCUT2D eigenvalue weighted by Crippen LogP contribution is 2.27. The van der Waals surface area contributed by atoms with Crippen molar-refractivity contribution in [2.75, 3.05) is 18.4 Å². The molecule has 0 saturated carbocycles. The van der Waals surface area contributed by atoms with Crippen LogP contribution in [0.1, 0.15) is 12.8 Å². The molecule has 0 aliphatic carbocycles. The number of carbonyl (C=O) groups is 1. The number of primary amides is 1. The molecule has 6 heteroatoms. The van der Waals surface area contributed by atoms with Crippen LogP contribution in [0.5, 0.6) is 0 Å². The molecule has 1 heterocycles. The van der Waals surface area contributed by atoms with E-state index in [1.165, 1.54) is 0 Å². The number of hydrogen-bond acceptors (Lipinski definition) is 2. The number of amides is 2. The Morgan fingerprint density at radius 3 is 2.61 bits per heavy atom. The molecule has 0 bridgehead atoms. The third-order valence-corrected chi connectivity index (χ3v) is 3.66. The van der Waals surface area contributed by atoms with Gasteiger partial charge >= 0.3 is 6.03 Å². The Balaban J connectivity index is 1.95. The van der Waals surface area contributed by atoms with Crippen LogP contribution in [0.25, 0.3) is 0 Å². The summed E-state index contributed by atoms with van der Waals surface area (Å²) in [6.45, 7) is 1.34. The van der Waals surface area contributed by atoms with Crippen molar-refractivity contribution in [1.29, 1.82) is 0 Å². The van der Waals surface area contributed by atoms with Crippen LogP contribution in [-0.2, 0) is 0 Å². The number of halogens is 2. The van der Waals surface area contributed by atoms with Crippen LogP contribution in [0, 0.1) is 0 Å². The third kappa shape index (κ3) is 3.21. The maximum absolute atomic E-state index is 11.0. The molecule has 2 rings (SSSR count). The third-order valence-electron chi connectivity index (χ3n) is 3.09. The first-order chi connectivity index (χ1) is 8.56. The minimum absolute atomic E-state index is 0.288. The first kappa shape index (κ1) is 13.3. The number of hydrogen-bond donors (Lipinski definition) is 2. The summed E-state index contributed by atoms with van der Waals surface area (Å²) >= 11 is 12.0. The molecule has 4 nitrogen and oxygen atoms in total. The smallest absolute Gasteiger partial charge is 0.314 e. The van der Waals surface area contributed by atoms with E-state index in [1.54, 1.807) is 17.0 Å². The van der Waals surface area contributed by atoms with E-state index in [2.05, 4.69) is 5.32 Å². The number of nitrogens with two attached hydrogens (primary N) is 1. The van der Waals surface area contributed by atoms with Crippen molar-refractivity contribution in [3.05, 3.63) is 28.2 Å². The number of benzene rings is 1. The highest BCUT2D eigenvalue weighted by Gasteiger charge is 2.21. The highest BCUT2D eigenvalue weighted by atomic mass is 35.5. The van der Waals surface area contributed by atoms with Gasteiger partial charge in [-0.3, -0.25) is 0 Å². The maximum Gasteiger partial charge on any atom is 0.314 e. The molecule has 3 N–H and O–H groups in total. The summed E-state index contributed by atoms with van der Waals surface area (Å²) in [6.07, 6.45) is 1.71. The second kappa shape index (κ2) is 5.67. The zero-order chi connectivity index (χ0) is 13.1. The molecule has 1 aromatic carbocycles. The summed E-state index contributed by atoms with van der Waals surface area (Å²) in [5, 5.41) is 4.65. The lowest BCUT2D eigenvalue weighted by Crippen LogP contribution is -2.44. The van der Waals surface area contributed by atoms with E-state index in [0.29, 0.717) is 23.1 Å². The van der Waals surface area contributed by atoms with Gasteiger partial charge < -0.3 is 16.0 Å². The summed E-state index contributed by atoms with van der Waals surface area (Å²) in [5.74, 6) is 0. The molecule has 1 saturated heterocycles. The van der Waals surface area contributed by atoms with E-state index in [4.69, 9.17) is 28.9 Å². The van der Waals surface area contributed by atoms with Gasteiger partial charge in [0.15, 0.2) is 0 Å². The van der Waals surface area contributed by atoms with E-state index in [1.807, 2.05) is 6.07 Å². The molecule has 1 aliphatic heterocycles. The predicted molar refractivity (Wildman–Crippen MR) is 74.3 cm³/mol. The van der Waals surface area contributed by atoms with Crippen LogP contribution >= 0.6 is 23.2 Å². The summed E-state index contributed by atoms with van der Waals surface area (Å²) in [5.41, 5.74) is 6.07. The van der Waals surface area contributed by atoms with Gasteiger partial charge in [-0.2, -0.15) is 0 Å². The Bertz CT molecular complexity index is 445. The normalized spacial score (nSPS) is 16.7. The molecular formula is C12H15Cl2N3O.